The van der Waals surface area contributed by atoms with Crippen LogP contribution in [0.25, 0.3) is 0 Å². The number of halogens is 1. The fraction of sp³-hybridized carbons (Fsp3) is 0.643. The first-order valence-corrected chi connectivity index (χ1v) is 7.35. The van der Waals surface area contributed by atoms with Gasteiger partial charge in [0.25, 0.3) is 0 Å². The summed E-state index contributed by atoms with van der Waals surface area (Å²) in [4.78, 5) is 4.47. The van der Waals surface area contributed by atoms with Crippen LogP contribution >= 0.6 is 15.9 Å². The van der Waals surface area contributed by atoms with Crippen LogP contribution in [0.5, 0.6) is 0 Å². The van der Waals surface area contributed by atoms with Gasteiger partial charge in [-0.1, -0.05) is 32.8 Å². The van der Waals surface area contributed by atoms with Crippen molar-refractivity contribution < 1.29 is 0 Å². The van der Waals surface area contributed by atoms with E-state index in [1.807, 2.05) is 12.1 Å². The predicted molar refractivity (Wildman–Crippen MR) is 76.1 cm³/mol. The third kappa shape index (κ3) is 3.44. The Morgan fingerprint density at radius 1 is 1.29 bits per heavy atom. The second kappa shape index (κ2) is 5.85. The second-order valence-corrected chi connectivity index (χ2v) is 6.10. The number of rotatable bonds is 3. The minimum atomic E-state index is 0.588. The molecular formula is C14H21BrN2. The Balaban J connectivity index is 2.05. The van der Waals surface area contributed by atoms with Crippen LogP contribution in [0.15, 0.2) is 22.8 Å². The lowest BCUT2D eigenvalue weighted by Gasteiger charge is -2.35. The fourth-order valence-electron chi connectivity index (χ4n) is 2.82. The van der Waals surface area contributed by atoms with E-state index in [-0.39, 0.29) is 0 Å². The zero-order valence-corrected chi connectivity index (χ0v) is 12.2. The van der Waals surface area contributed by atoms with E-state index in [1.54, 1.807) is 0 Å². The van der Waals surface area contributed by atoms with Gasteiger partial charge in [-0.2, -0.15) is 0 Å². The van der Waals surface area contributed by atoms with Gasteiger partial charge in [0.2, 0.25) is 0 Å². The van der Waals surface area contributed by atoms with Crippen molar-refractivity contribution in [2.45, 2.75) is 45.6 Å². The summed E-state index contributed by atoms with van der Waals surface area (Å²) in [7, 11) is 0. The summed E-state index contributed by atoms with van der Waals surface area (Å²) in [6.45, 7) is 4.66. The maximum atomic E-state index is 4.47. The van der Waals surface area contributed by atoms with Gasteiger partial charge in [-0.15, -0.1) is 0 Å². The molecule has 1 aliphatic rings. The first-order chi connectivity index (χ1) is 8.16. The Bertz CT molecular complexity index is 365. The van der Waals surface area contributed by atoms with Crippen LogP contribution in [-0.2, 0) is 0 Å². The van der Waals surface area contributed by atoms with E-state index >= 15 is 0 Å². The zero-order valence-electron chi connectivity index (χ0n) is 10.6. The molecule has 2 unspecified atom stereocenters. The van der Waals surface area contributed by atoms with E-state index in [2.05, 4.69) is 46.1 Å². The summed E-state index contributed by atoms with van der Waals surface area (Å²) >= 11 is 3.42. The standard InChI is InChI=1S/C14H21BrN2/c1-10(2)11-6-3-4-7-12(11)16-14-9-5-8-13(15)17-14/h5,8-12H,3-4,6-7H2,1-2H3,(H,16,17). The molecule has 1 saturated carbocycles. The van der Waals surface area contributed by atoms with Crippen molar-refractivity contribution in [3.05, 3.63) is 22.8 Å². The lowest BCUT2D eigenvalue weighted by Crippen LogP contribution is -2.35. The van der Waals surface area contributed by atoms with Gasteiger partial charge >= 0.3 is 0 Å². The Morgan fingerprint density at radius 2 is 2.06 bits per heavy atom. The van der Waals surface area contributed by atoms with Gasteiger partial charge < -0.3 is 5.32 Å². The normalized spacial score (nSPS) is 24.9. The topological polar surface area (TPSA) is 24.9 Å². The minimum Gasteiger partial charge on any atom is -0.367 e. The molecular weight excluding hydrogens is 276 g/mol. The Labute approximate surface area is 112 Å². The Kier molecular flexibility index (Phi) is 4.43. The summed E-state index contributed by atoms with van der Waals surface area (Å²) in [6.07, 6.45) is 5.35. The lowest BCUT2D eigenvalue weighted by atomic mass is 9.78. The van der Waals surface area contributed by atoms with Crippen molar-refractivity contribution in [3.8, 4) is 0 Å². The molecule has 1 aliphatic carbocycles. The van der Waals surface area contributed by atoms with Gasteiger partial charge in [-0.3, -0.25) is 0 Å². The molecule has 2 rings (SSSR count). The van der Waals surface area contributed by atoms with Crippen LogP contribution in [-0.4, -0.2) is 11.0 Å². The molecule has 1 N–H and O–H groups in total. The number of hydrogen-bond donors (Lipinski definition) is 1. The number of nitrogens with one attached hydrogen (secondary N) is 1. The molecule has 1 aromatic rings. The number of aromatic nitrogens is 1. The van der Waals surface area contributed by atoms with Gasteiger partial charge in [0.05, 0.1) is 0 Å². The molecule has 17 heavy (non-hydrogen) atoms. The highest BCUT2D eigenvalue weighted by Crippen LogP contribution is 2.32. The lowest BCUT2D eigenvalue weighted by molar-refractivity contribution is 0.253. The SMILES string of the molecule is CC(C)C1CCCCC1Nc1cccc(Br)n1. The van der Waals surface area contributed by atoms with Gasteiger partial charge in [0.1, 0.15) is 10.4 Å². The van der Waals surface area contributed by atoms with E-state index in [1.165, 1.54) is 25.7 Å². The van der Waals surface area contributed by atoms with Crippen LogP contribution in [0.2, 0.25) is 0 Å². The van der Waals surface area contributed by atoms with E-state index in [0.717, 1.165) is 22.3 Å². The van der Waals surface area contributed by atoms with Crippen molar-refractivity contribution in [2.24, 2.45) is 11.8 Å². The largest absolute Gasteiger partial charge is 0.367 e. The quantitative estimate of drug-likeness (QED) is 0.833. The average Bonchev–Trinajstić information content (AvgIpc) is 2.29. The van der Waals surface area contributed by atoms with Crippen molar-refractivity contribution in [2.75, 3.05) is 5.32 Å². The molecule has 3 heteroatoms. The maximum absolute atomic E-state index is 4.47. The fourth-order valence-corrected chi connectivity index (χ4v) is 3.16. The number of nitrogens with zero attached hydrogens (tertiary/aromatic N) is 1. The Morgan fingerprint density at radius 3 is 2.76 bits per heavy atom. The number of pyridine rings is 1. The Hall–Kier alpha value is -0.570. The van der Waals surface area contributed by atoms with Crippen molar-refractivity contribution in [3.63, 3.8) is 0 Å². The summed E-state index contributed by atoms with van der Waals surface area (Å²) in [5.74, 6) is 2.53. The van der Waals surface area contributed by atoms with Crippen molar-refractivity contribution in [1.29, 1.82) is 0 Å². The zero-order chi connectivity index (χ0) is 12.3. The highest BCUT2D eigenvalue weighted by atomic mass is 79.9. The van der Waals surface area contributed by atoms with E-state index in [4.69, 9.17) is 0 Å². The molecule has 0 amide bonds. The molecule has 1 aromatic heterocycles. The average molecular weight is 297 g/mol. The maximum Gasteiger partial charge on any atom is 0.127 e. The molecule has 94 valence electrons. The van der Waals surface area contributed by atoms with Gasteiger partial charge in [0.15, 0.2) is 0 Å². The summed E-state index contributed by atoms with van der Waals surface area (Å²) in [5.41, 5.74) is 0. The van der Waals surface area contributed by atoms with Crippen LogP contribution in [0.4, 0.5) is 5.82 Å². The molecule has 0 saturated heterocycles. The molecule has 0 aliphatic heterocycles. The third-order valence-electron chi connectivity index (χ3n) is 3.72. The smallest absolute Gasteiger partial charge is 0.127 e. The summed E-state index contributed by atoms with van der Waals surface area (Å²) in [6, 6.07) is 6.64. The van der Waals surface area contributed by atoms with Gasteiger partial charge in [-0.05, 0) is 52.7 Å². The first kappa shape index (κ1) is 12.9. The van der Waals surface area contributed by atoms with Crippen LogP contribution in [0, 0.1) is 11.8 Å². The van der Waals surface area contributed by atoms with E-state index in [0.29, 0.717) is 6.04 Å². The number of anilines is 1. The highest BCUT2D eigenvalue weighted by molar-refractivity contribution is 9.10. The molecule has 2 atom stereocenters. The molecule has 1 fully saturated rings. The van der Waals surface area contributed by atoms with Crippen molar-refractivity contribution in [1.82, 2.24) is 4.98 Å². The van der Waals surface area contributed by atoms with Crippen LogP contribution in [0.3, 0.4) is 0 Å². The van der Waals surface area contributed by atoms with E-state index in [9.17, 15) is 0 Å². The second-order valence-electron chi connectivity index (χ2n) is 5.29. The number of hydrogen-bond acceptors (Lipinski definition) is 2. The monoisotopic (exact) mass is 296 g/mol. The first-order valence-electron chi connectivity index (χ1n) is 6.56. The molecule has 0 aromatic carbocycles. The summed E-state index contributed by atoms with van der Waals surface area (Å²) < 4.78 is 0.902. The third-order valence-corrected chi connectivity index (χ3v) is 4.17. The van der Waals surface area contributed by atoms with Crippen LogP contribution < -0.4 is 5.32 Å². The summed E-state index contributed by atoms with van der Waals surface area (Å²) in [5, 5.41) is 3.61. The van der Waals surface area contributed by atoms with Crippen molar-refractivity contribution >= 4 is 21.7 Å². The molecule has 1 heterocycles. The van der Waals surface area contributed by atoms with Gasteiger partial charge in [0, 0.05) is 6.04 Å². The predicted octanol–water partition coefficient (Wildman–Crippen LogP) is 4.47. The molecule has 0 spiro atoms. The highest BCUT2D eigenvalue weighted by Gasteiger charge is 2.27. The van der Waals surface area contributed by atoms with Crippen LogP contribution in [0.1, 0.15) is 39.5 Å². The van der Waals surface area contributed by atoms with E-state index < -0.39 is 0 Å². The molecule has 0 bridgehead atoms. The van der Waals surface area contributed by atoms with Gasteiger partial charge in [-0.25, -0.2) is 4.98 Å². The molecule has 0 radical (unpaired) electrons. The molecule has 2 nitrogen and oxygen atoms in total. The minimum absolute atomic E-state index is 0.588.